The number of benzene rings is 2. The Morgan fingerprint density at radius 2 is 1.70 bits per heavy atom. The van der Waals surface area contributed by atoms with Crippen LogP contribution in [0.4, 0.5) is 5.69 Å². The molecule has 0 aliphatic carbocycles. The van der Waals surface area contributed by atoms with Crippen LogP contribution in [0.3, 0.4) is 0 Å². The Morgan fingerprint density at radius 1 is 1.10 bits per heavy atom. The maximum atomic E-state index is 9.85. The Labute approximate surface area is 122 Å². The highest BCUT2D eigenvalue weighted by atomic mass is 35.5. The van der Waals surface area contributed by atoms with Gasteiger partial charge in [-0.2, -0.15) is 0 Å². The summed E-state index contributed by atoms with van der Waals surface area (Å²) in [5.74, 6) is 0.747. The number of halogens is 1. The number of anilines is 1. The van der Waals surface area contributed by atoms with Gasteiger partial charge in [-0.3, -0.25) is 0 Å². The largest absolute Gasteiger partial charge is 0.502 e. The molecular formula is C15H16ClNO3. The van der Waals surface area contributed by atoms with Crippen LogP contribution in [-0.2, 0) is 6.54 Å². The number of nitrogens with one attached hydrogen (secondary N) is 1. The van der Waals surface area contributed by atoms with Gasteiger partial charge < -0.3 is 19.9 Å². The molecule has 0 aromatic heterocycles. The Kier molecular flexibility index (Phi) is 4.58. The summed E-state index contributed by atoms with van der Waals surface area (Å²) in [6.45, 7) is 0.538. The van der Waals surface area contributed by atoms with Crippen LogP contribution in [0.15, 0.2) is 36.4 Å². The van der Waals surface area contributed by atoms with Gasteiger partial charge in [-0.15, -0.1) is 0 Å². The highest BCUT2D eigenvalue weighted by Gasteiger charge is 2.11. The Bertz CT molecular complexity index is 576. The van der Waals surface area contributed by atoms with Gasteiger partial charge in [0.1, 0.15) is 0 Å². The van der Waals surface area contributed by atoms with Crippen LogP contribution in [0.25, 0.3) is 0 Å². The molecule has 2 rings (SSSR count). The summed E-state index contributed by atoms with van der Waals surface area (Å²) in [4.78, 5) is 0. The van der Waals surface area contributed by atoms with E-state index in [0.29, 0.717) is 23.1 Å². The molecule has 20 heavy (non-hydrogen) atoms. The third-order valence-electron chi connectivity index (χ3n) is 2.90. The first-order chi connectivity index (χ1) is 9.65. The normalized spacial score (nSPS) is 10.2. The number of phenolic OH excluding ortho intramolecular Hbond substituents is 1. The van der Waals surface area contributed by atoms with E-state index in [4.69, 9.17) is 21.1 Å². The van der Waals surface area contributed by atoms with Crippen LogP contribution in [0.2, 0.25) is 5.02 Å². The molecule has 0 spiro atoms. The van der Waals surface area contributed by atoms with Gasteiger partial charge in [-0.1, -0.05) is 23.7 Å². The summed E-state index contributed by atoms with van der Waals surface area (Å²) < 4.78 is 10.2. The molecule has 106 valence electrons. The van der Waals surface area contributed by atoms with E-state index in [-0.39, 0.29) is 5.75 Å². The molecule has 2 aromatic rings. The average molecular weight is 294 g/mol. The quantitative estimate of drug-likeness (QED) is 0.883. The number of ether oxygens (including phenoxy) is 2. The lowest BCUT2D eigenvalue weighted by Gasteiger charge is -2.13. The minimum atomic E-state index is -0.00325. The summed E-state index contributed by atoms with van der Waals surface area (Å²) in [5.41, 5.74) is 1.76. The number of phenols is 1. The predicted octanol–water partition coefficient (Wildman–Crippen LogP) is 3.67. The fourth-order valence-electron chi connectivity index (χ4n) is 1.85. The first-order valence-electron chi connectivity index (χ1n) is 6.08. The maximum Gasteiger partial charge on any atom is 0.200 e. The lowest BCUT2D eigenvalue weighted by molar-refractivity contribution is 0.339. The molecule has 2 N–H and O–H groups in total. The van der Waals surface area contributed by atoms with E-state index in [1.165, 1.54) is 14.2 Å². The number of hydrogen-bond donors (Lipinski definition) is 2. The molecule has 0 fully saturated rings. The highest BCUT2D eigenvalue weighted by Crippen LogP contribution is 2.37. The van der Waals surface area contributed by atoms with Gasteiger partial charge in [-0.05, 0) is 29.8 Å². The summed E-state index contributed by atoms with van der Waals surface area (Å²) in [6, 6.07) is 11.0. The fourth-order valence-corrected chi connectivity index (χ4v) is 2.05. The van der Waals surface area contributed by atoms with Crippen LogP contribution in [0.5, 0.6) is 17.2 Å². The Hall–Kier alpha value is -2.07. The molecule has 5 heteroatoms. The molecule has 0 amide bonds. The van der Waals surface area contributed by atoms with Crippen LogP contribution in [-0.4, -0.2) is 19.3 Å². The van der Waals surface area contributed by atoms with E-state index in [2.05, 4.69) is 5.32 Å². The van der Waals surface area contributed by atoms with Crippen molar-refractivity contribution in [3.05, 3.63) is 47.0 Å². The number of methoxy groups -OCH3 is 2. The zero-order chi connectivity index (χ0) is 14.5. The standard InChI is InChI=1S/C15H16ClNO3/c1-19-13-7-10(8-14(20-2)15(13)18)9-17-12-6-4-3-5-11(12)16/h3-8,17-18H,9H2,1-2H3. The first kappa shape index (κ1) is 14.3. The summed E-state index contributed by atoms with van der Waals surface area (Å²) in [7, 11) is 3.00. The maximum absolute atomic E-state index is 9.85. The van der Waals surface area contributed by atoms with Crippen LogP contribution >= 0.6 is 11.6 Å². The molecule has 0 bridgehead atoms. The van der Waals surface area contributed by atoms with Crippen molar-refractivity contribution in [2.45, 2.75) is 6.54 Å². The van der Waals surface area contributed by atoms with Gasteiger partial charge in [0, 0.05) is 6.54 Å². The van der Waals surface area contributed by atoms with Crippen LogP contribution < -0.4 is 14.8 Å². The Morgan fingerprint density at radius 3 is 2.25 bits per heavy atom. The lowest BCUT2D eigenvalue weighted by atomic mass is 10.1. The van der Waals surface area contributed by atoms with Gasteiger partial charge in [-0.25, -0.2) is 0 Å². The smallest absolute Gasteiger partial charge is 0.200 e. The lowest BCUT2D eigenvalue weighted by Crippen LogP contribution is -2.01. The van der Waals surface area contributed by atoms with Crippen LogP contribution in [0, 0.1) is 0 Å². The molecule has 0 atom stereocenters. The molecule has 0 aliphatic heterocycles. The second-order valence-electron chi connectivity index (χ2n) is 4.18. The monoisotopic (exact) mass is 293 g/mol. The van der Waals surface area contributed by atoms with Crippen molar-refractivity contribution in [3.63, 3.8) is 0 Å². The summed E-state index contributed by atoms with van der Waals surface area (Å²) in [5, 5.41) is 13.7. The average Bonchev–Trinajstić information content (AvgIpc) is 2.47. The van der Waals surface area contributed by atoms with Gasteiger partial charge in [0.25, 0.3) is 0 Å². The number of hydrogen-bond acceptors (Lipinski definition) is 4. The summed E-state index contributed by atoms with van der Waals surface area (Å²) >= 11 is 6.08. The van der Waals surface area contributed by atoms with Crippen molar-refractivity contribution in [1.82, 2.24) is 0 Å². The zero-order valence-corrected chi connectivity index (χ0v) is 12.1. The minimum absolute atomic E-state index is 0.00325. The zero-order valence-electron chi connectivity index (χ0n) is 11.3. The predicted molar refractivity (Wildman–Crippen MR) is 80.0 cm³/mol. The number of para-hydroxylation sites is 1. The molecule has 0 heterocycles. The van der Waals surface area contributed by atoms with E-state index >= 15 is 0 Å². The van der Waals surface area contributed by atoms with E-state index in [9.17, 15) is 5.11 Å². The Balaban J connectivity index is 2.19. The first-order valence-corrected chi connectivity index (χ1v) is 6.45. The van der Waals surface area contributed by atoms with Gasteiger partial charge >= 0.3 is 0 Å². The van der Waals surface area contributed by atoms with Crippen molar-refractivity contribution in [1.29, 1.82) is 0 Å². The molecule has 0 saturated carbocycles. The molecule has 0 radical (unpaired) electrons. The van der Waals surface area contributed by atoms with Crippen molar-refractivity contribution < 1.29 is 14.6 Å². The van der Waals surface area contributed by atoms with Crippen LogP contribution in [0.1, 0.15) is 5.56 Å². The van der Waals surface area contributed by atoms with Crippen molar-refractivity contribution >= 4 is 17.3 Å². The fraction of sp³-hybridized carbons (Fsp3) is 0.200. The molecule has 0 unspecified atom stereocenters. The van der Waals surface area contributed by atoms with E-state index in [0.717, 1.165) is 11.3 Å². The van der Waals surface area contributed by atoms with E-state index in [1.807, 2.05) is 24.3 Å². The number of rotatable bonds is 5. The van der Waals surface area contributed by atoms with Crippen molar-refractivity contribution in [2.75, 3.05) is 19.5 Å². The molecular weight excluding hydrogens is 278 g/mol. The van der Waals surface area contributed by atoms with Crippen molar-refractivity contribution in [2.24, 2.45) is 0 Å². The molecule has 4 nitrogen and oxygen atoms in total. The SMILES string of the molecule is COc1cc(CNc2ccccc2Cl)cc(OC)c1O. The van der Waals surface area contributed by atoms with Gasteiger partial charge in [0.2, 0.25) is 5.75 Å². The molecule has 0 saturated heterocycles. The third kappa shape index (κ3) is 3.08. The molecule has 0 aliphatic rings. The van der Waals surface area contributed by atoms with E-state index in [1.54, 1.807) is 12.1 Å². The second kappa shape index (κ2) is 6.39. The third-order valence-corrected chi connectivity index (χ3v) is 3.23. The topological polar surface area (TPSA) is 50.7 Å². The van der Waals surface area contributed by atoms with Gasteiger partial charge in [0.15, 0.2) is 11.5 Å². The van der Waals surface area contributed by atoms with Gasteiger partial charge in [0.05, 0.1) is 24.9 Å². The minimum Gasteiger partial charge on any atom is -0.502 e. The van der Waals surface area contributed by atoms with E-state index < -0.39 is 0 Å². The van der Waals surface area contributed by atoms with Crippen molar-refractivity contribution in [3.8, 4) is 17.2 Å². The number of aromatic hydroxyl groups is 1. The second-order valence-corrected chi connectivity index (χ2v) is 4.59. The summed E-state index contributed by atoms with van der Waals surface area (Å²) in [6.07, 6.45) is 0. The highest BCUT2D eigenvalue weighted by molar-refractivity contribution is 6.33. The molecule has 2 aromatic carbocycles.